The molecule has 184 valence electrons. The van der Waals surface area contributed by atoms with Gasteiger partial charge in [-0.2, -0.15) is 0 Å². The van der Waals surface area contributed by atoms with Gasteiger partial charge in [0, 0.05) is 30.8 Å². The van der Waals surface area contributed by atoms with E-state index in [0.29, 0.717) is 55.4 Å². The van der Waals surface area contributed by atoms with E-state index in [2.05, 4.69) is 10.0 Å². The molecule has 0 bridgehead atoms. The Morgan fingerprint density at radius 2 is 1.79 bits per heavy atom. The number of hydrogen-bond acceptors (Lipinski definition) is 8. The average molecular weight is 493 g/mol. The van der Waals surface area contributed by atoms with Crippen molar-refractivity contribution in [3.8, 4) is 17.2 Å². The minimum absolute atomic E-state index is 0.104. The number of benzene rings is 2. The molecule has 0 aliphatic carbocycles. The number of carbonyl (C=O) groups is 2. The Labute approximate surface area is 198 Å². The van der Waals surface area contributed by atoms with E-state index in [1.807, 2.05) is 0 Å². The number of esters is 1. The number of amides is 1. The molecule has 3 rings (SSSR count). The molecule has 1 amide bonds. The fraction of sp³-hybridized carbons (Fsp3) is 0.391. The number of ether oxygens (including phenoxy) is 4. The number of rotatable bonds is 12. The van der Waals surface area contributed by atoms with Crippen LogP contribution < -0.4 is 24.2 Å². The lowest BCUT2D eigenvalue weighted by atomic mass is 10.2. The molecule has 0 saturated heterocycles. The second-order valence-electron chi connectivity index (χ2n) is 7.45. The predicted octanol–water partition coefficient (Wildman–Crippen LogP) is 2.49. The number of unbranched alkanes of at least 4 members (excludes halogenated alkanes) is 2. The summed E-state index contributed by atoms with van der Waals surface area (Å²) in [4.78, 5) is 23.9. The number of carbonyl (C=O) groups excluding carboxylic acids is 2. The molecule has 0 aromatic heterocycles. The van der Waals surface area contributed by atoms with Crippen LogP contribution >= 0.6 is 0 Å². The van der Waals surface area contributed by atoms with Gasteiger partial charge in [0.25, 0.3) is 5.91 Å². The smallest absolute Gasteiger partial charge is 0.306 e. The van der Waals surface area contributed by atoms with Crippen LogP contribution in [0.25, 0.3) is 0 Å². The van der Waals surface area contributed by atoms with Crippen LogP contribution in [0.15, 0.2) is 47.4 Å². The zero-order valence-electron chi connectivity index (χ0n) is 18.9. The third kappa shape index (κ3) is 7.63. The maximum atomic E-state index is 12.4. The van der Waals surface area contributed by atoms with Gasteiger partial charge in [0.05, 0.1) is 12.0 Å². The number of anilines is 1. The van der Waals surface area contributed by atoms with E-state index in [4.69, 9.17) is 18.9 Å². The van der Waals surface area contributed by atoms with E-state index >= 15 is 0 Å². The highest BCUT2D eigenvalue weighted by molar-refractivity contribution is 7.89. The summed E-state index contributed by atoms with van der Waals surface area (Å²) < 4.78 is 48.3. The lowest BCUT2D eigenvalue weighted by Gasteiger charge is -2.18. The Morgan fingerprint density at radius 3 is 2.59 bits per heavy atom. The maximum absolute atomic E-state index is 12.4. The van der Waals surface area contributed by atoms with Crippen LogP contribution in [-0.2, 0) is 24.3 Å². The Hall–Kier alpha value is -3.31. The average Bonchev–Trinajstić information content (AvgIpc) is 2.84. The first-order valence-corrected chi connectivity index (χ1v) is 12.3. The second-order valence-corrected chi connectivity index (χ2v) is 9.22. The molecule has 2 aromatic rings. The third-order valence-electron chi connectivity index (χ3n) is 4.89. The fourth-order valence-electron chi connectivity index (χ4n) is 3.17. The lowest BCUT2D eigenvalue weighted by Crippen LogP contribution is -2.25. The highest BCUT2D eigenvalue weighted by Gasteiger charge is 2.19. The van der Waals surface area contributed by atoms with Gasteiger partial charge in [-0.3, -0.25) is 9.59 Å². The molecule has 1 aliphatic heterocycles. The van der Waals surface area contributed by atoms with E-state index in [1.165, 1.54) is 19.2 Å². The molecular formula is C23H28N2O8S. The van der Waals surface area contributed by atoms with E-state index in [9.17, 15) is 18.0 Å². The van der Waals surface area contributed by atoms with Crippen LogP contribution in [0.5, 0.6) is 17.2 Å². The van der Waals surface area contributed by atoms with Gasteiger partial charge in [-0.1, -0.05) is 12.5 Å². The highest BCUT2D eigenvalue weighted by Crippen LogP contribution is 2.32. The van der Waals surface area contributed by atoms with Gasteiger partial charge in [0.2, 0.25) is 10.0 Å². The van der Waals surface area contributed by atoms with Gasteiger partial charge in [-0.05, 0) is 37.1 Å². The van der Waals surface area contributed by atoms with Crippen LogP contribution in [0.3, 0.4) is 0 Å². The van der Waals surface area contributed by atoms with E-state index in [1.54, 1.807) is 30.3 Å². The number of fused-ring (bicyclic) bond motifs is 1. The van der Waals surface area contributed by atoms with Crippen molar-refractivity contribution >= 4 is 27.6 Å². The van der Waals surface area contributed by atoms with Crippen molar-refractivity contribution in [2.24, 2.45) is 0 Å². The first-order chi connectivity index (χ1) is 16.4. The zero-order chi connectivity index (χ0) is 24.4. The van der Waals surface area contributed by atoms with Crippen molar-refractivity contribution in [2.45, 2.75) is 30.6 Å². The molecule has 1 aliphatic rings. The molecule has 0 radical (unpaired) electrons. The summed E-state index contributed by atoms with van der Waals surface area (Å²) in [5, 5.41) is 2.62. The molecule has 2 N–H and O–H groups in total. The molecule has 10 nitrogen and oxygen atoms in total. The highest BCUT2D eigenvalue weighted by atomic mass is 32.2. The summed E-state index contributed by atoms with van der Waals surface area (Å²) in [6.45, 7) is 0.654. The van der Waals surface area contributed by atoms with Gasteiger partial charge >= 0.3 is 5.97 Å². The largest absolute Gasteiger partial charge is 0.497 e. The summed E-state index contributed by atoms with van der Waals surface area (Å²) in [6.07, 6.45) is 1.82. The summed E-state index contributed by atoms with van der Waals surface area (Å²) in [5.41, 5.74) is 0.541. The molecule has 11 heteroatoms. The van der Waals surface area contributed by atoms with Crippen LogP contribution in [0.2, 0.25) is 0 Å². The lowest BCUT2D eigenvalue weighted by molar-refractivity contribution is -0.147. The minimum Gasteiger partial charge on any atom is -0.497 e. The first-order valence-electron chi connectivity index (χ1n) is 10.9. The van der Waals surface area contributed by atoms with E-state index in [-0.39, 0.29) is 24.5 Å². The molecule has 0 atom stereocenters. The van der Waals surface area contributed by atoms with Gasteiger partial charge in [-0.15, -0.1) is 0 Å². The molecule has 34 heavy (non-hydrogen) atoms. The van der Waals surface area contributed by atoms with Gasteiger partial charge in [-0.25, -0.2) is 13.1 Å². The minimum atomic E-state index is -3.68. The zero-order valence-corrected chi connectivity index (χ0v) is 19.7. The standard InChI is InChI=1S/C23H28N2O8S/c1-30-18-7-5-6-17(14-18)25-22(26)16-33-23(27)8-3-2-4-11-24-34(28,29)19-9-10-20-21(15-19)32-13-12-31-20/h5-7,9-10,14-15,24H,2-4,8,11-13,16H2,1H3,(H,25,26). The monoisotopic (exact) mass is 492 g/mol. The molecule has 2 aromatic carbocycles. The van der Waals surface area contributed by atoms with Gasteiger partial charge < -0.3 is 24.3 Å². The molecule has 0 unspecified atom stereocenters. The fourth-order valence-corrected chi connectivity index (χ4v) is 4.26. The van der Waals surface area contributed by atoms with Gasteiger partial charge in [0.15, 0.2) is 18.1 Å². The molecular weight excluding hydrogens is 464 g/mol. The summed E-state index contributed by atoms with van der Waals surface area (Å²) >= 11 is 0. The summed E-state index contributed by atoms with van der Waals surface area (Å²) in [5.74, 6) is 0.593. The quantitative estimate of drug-likeness (QED) is 0.342. The Morgan fingerprint density at radius 1 is 1.00 bits per heavy atom. The SMILES string of the molecule is COc1cccc(NC(=O)COC(=O)CCCCCNS(=O)(=O)c2ccc3c(c2)OCCO3)c1. The Bertz CT molecular complexity index is 1100. The van der Waals surface area contributed by atoms with Crippen molar-refractivity contribution in [3.05, 3.63) is 42.5 Å². The summed E-state index contributed by atoms with van der Waals surface area (Å²) in [6, 6.07) is 11.3. The van der Waals surface area contributed by atoms with E-state index < -0.39 is 21.9 Å². The third-order valence-corrected chi connectivity index (χ3v) is 6.35. The summed E-state index contributed by atoms with van der Waals surface area (Å²) in [7, 11) is -2.15. The van der Waals surface area contributed by atoms with Crippen molar-refractivity contribution in [2.75, 3.05) is 38.8 Å². The normalized spacial score (nSPS) is 12.6. The topological polar surface area (TPSA) is 129 Å². The van der Waals surface area contributed by atoms with Crippen LogP contribution in [0, 0.1) is 0 Å². The van der Waals surface area contributed by atoms with Crippen molar-refractivity contribution in [1.82, 2.24) is 4.72 Å². The van der Waals surface area contributed by atoms with Crippen molar-refractivity contribution in [1.29, 1.82) is 0 Å². The first kappa shape index (κ1) is 25.3. The molecule has 1 heterocycles. The number of hydrogen-bond donors (Lipinski definition) is 2. The molecule has 0 saturated carbocycles. The number of sulfonamides is 1. The van der Waals surface area contributed by atoms with Crippen molar-refractivity contribution < 1.29 is 37.0 Å². The van der Waals surface area contributed by atoms with Crippen LogP contribution in [0.1, 0.15) is 25.7 Å². The predicted molar refractivity (Wildman–Crippen MR) is 124 cm³/mol. The second kappa shape index (κ2) is 12.2. The van der Waals surface area contributed by atoms with Crippen LogP contribution in [-0.4, -0.2) is 53.8 Å². The van der Waals surface area contributed by atoms with Crippen molar-refractivity contribution in [3.63, 3.8) is 0 Å². The maximum Gasteiger partial charge on any atom is 0.306 e. The Kier molecular flexibility index (Phi) is 9.11. The van der Waals surface area contributed by atoms with E-state index in [0.717, 1.165) is 0 Å². The van der Waals surface area contributed by atoms with Gasteiger partial charge in [0.1, 0.15) is 19.0 Å². The van der Waals surface area contributed by atoms with Crippen LogP contribution in [0.4, 0.5) is 5.69 Å². The molecule has 0 fully saturated rings. The molecule has 0 spiro atoms. The number of nitrogens with one attached hydrogen (secondary N) is 2. The number of methoxy groups -OCH3 is 1. The Balaban J connectivity index is 1.29.